The fourth-order valence-corrected chi connectivity index (χ4v) is 0.329. The minimum Gasteiger partial charge on any atom is -0.0991 e. The molecule has 0 radical (unpaired) electrons. The first-order chi connectivity index (χ1) is 3.81. The lowest BCUT2D eigenvalue weighted by Gasteiger charge is -1.80. The highest BCUT2D eigenvalue weighted by molar-refractivity contribution is 6.25. The summed E-state index contributed by atoms with van der Waals surface area (Å²) in [7, 11) is 0. The molecule has 0 amide bonds. The molecule has 0 spiro atoms. The summed E-state index contributed by atoms with van der Waals surface area (Å²) in [4.78, 5) is 0. The van der Waals surface area contributed by atoms with Gasteiger partial charge in [-0.25, -0.2) is 0 Å². The van der Waals surface area contributed by atoms with E-state index in [9.17, 15) is 0 Å². The molecule has 0 nitrogen and oxygen atoms in total. The lowest BCUT2D eigenvalue weighted by Crippen LogP contribution is -1.59. The maximum atomic E-state index is 5.34. The van der Waals surface area contributed by atoms with Gasteiger partial charge in [-0.05, 0) is 12.5 Å². The van der Waals surface area contributed by atoms with Gasteiger partial charge in [-0.15, -0.1) is 0 Å². The summed E-state index contributed by atoms with van der Waals surface area (Å²) < 4.78 is 0. The van der Waals surface area contributed by atoms with Crippen molar-refractivity contribution in [3.05, 3.63) is 35.9 Å². The fraction of sp³-hybridized carbons (Fsp3) is 0.143. The van der Waals surface area contributed by atoms with Crippen LogP contribution in [0.3, 0.4) is 0 Å². The highest BCUT2D eigenvalue weighted by Crippen LogP contribution is 1.95. The lowest BCUT2D eigenvalue weighted by molar-refractivity contribution is 1.55. The standard InChI is InChI=1S/C7H9Cl/c1-3-4-5-7(2)6-8/h3-6H,1H2,2H3/b5-4-,7-6+. The Morgan fingerprint density at radius 2 is 2.25 bits per heavy atom. The summed E-state index contributed by atoms with van der Waals surface area (Å²) in [6.07, 6.45) is 5.44. The van der Waals surface area contributed by atoms with Gasteiger partial charge in [-0.2, -0.15) is 0 Å². The molecule has 0 N–H and O–H groups in total. The Bertz CT molecular complexity index is 120. The van der Waals surface area contributed by atoms with Gasteiger partial charge in [0.15, 0.2) is 0 Å². The molecule has 0 fully saturated rings. The Morgan fingerprint density at radius 1 is 1.62 bits per heavy atom. The molecule has 0 heterocycles. The molecule has 0 saturated heterocycles. The summed E-state index contributed by atoms with van der Waals surface area (Å²) in [5, 5.41) is 0. The van der Waals surface area contributed by atoms with E-state index in [1.165, 1.54) is 5.54 Å². The molecule has 0 bridgehead atoms. The number of rotatable bonds is 2. The number of hydrogen-bond donors (Lipinski definition) is 0. The summed E-state index contributed by atoms with van der Waals surface area (Å²) >= 11 is 5.34. The number of allylic oxidation sites excluding steroid dienone is 4. The zero-order valence-electron chi connectivity index (χ0n) is 4.89. The smallest absolute Gasteiger partial charge is 0.00717 e. The second-order valence-electron chi connectivity index (χ2n) is 1.45. The van der Waals surface area contributed by atoms with E-state index in [1.54, 1.807) is 6.08 Å². The second-order valence-corrected chi connectivity index (χ2v) is 1.67. The molecular weight excluding hydrogens is 120 g/mol. The predicted molar refractivity (Wildman–Crippen MR) is 38.9 cm³/mol. The summed E-state index contributed by atoms with van der Waals surface area (Å²) in [5.41, 5.74) is 2.56. The molecule has 0 aromatic heterocycles. The van der Waals surface area contributed by atoms with Crippen LogP contribution in [0.5, 0.6) is 0 Å². The van der Waals surface area contributed by atoms with Crippen molar-refractivity contribution in [2.45, 2.75) is 6.92 Å². The van der Waals surface area contributed by atoms with Gasteiger partial charge in [0.25, 0.3) is 0 Å². The fourth-order valence-electron chi connectivity index (χ4n) is 0.256. The summed E-state index contributed by atoms with van der Waals surface area (Å²) in [5.74, 6) is 0. The first-order valence-electron chi connectivity index (χ1n) is 2.37. The first kappa shape index (κ1) is 7.51. The molecule has 8 heavy (non-hydrogen) atoms. The Balaban J connectivity index is 3.69. The topological polar surface area (TPSA) is 0 Å². The van der Waals surface area contributed by atoms with Crippen LogP contribution in [-0.4, -0.2) is 0 Å². The van der Waals surface area contributed by atoms with E-state index < -0.39 is 0 Å². The van der Waals surface area contributed by atoms with Crippen molar-refractivity contribution < 1.29 is 0 Å². The monoisotopic (exact) mass is 128 g/mol. The third-order valence-corrected chi connectivity index (χ3v) is 1.01. The van der Waals surface area contributed by atoms with E-state index in [-0.39, 0.29) is 0 Å². The van der Waals surface area contributed by atoms with Crippen LogP contribution in [0, 0.1) is 0 Å². The molecule has 0 saturated carbocycles. The SMILES string of the molecule is C=C/C=C\C(C)=C\Cl. The molecule has 0 unspecified atom stereocenters. The lowest BCUT2D eigenvalue weighted by atomic mass is 10.3. The van der Waals surface area contributed by atoms with Crippen molar-refractivity contribution in [3.8, 4) is 0 Å². The quantitative estimate of drug-likeness (QED) is 0.502. The molecule has 0 aliphatic heterocycles. The minimum atomic E-state index is 1.03. The van der Waals surface area contributed by atoms with Gasteiger partial charge in [-0.3, -0.25) is 0 Å². The van der Waals surface area contributed by atoms with Gasteiger partial charge in [0.2, 0.25) is 0 Å². The number of hydrogen-bond acceptors (Lipinski definition) is 0. The minimum absolute atomic E-state index is 1.03. The molecule has 1 heteroatoms. The average Bonchev–Trinajstić information content (AvgIpc) is 1.83. The van der Waals surface area contributed by atoms with Crippen molar-refractivity contribution >= 4 is 11.6 Å². The van der Waals surface area contributed by atoms with E-state index in [2.05, 4.69) is 6.58 Å². The van der Waals surface area contributed by atoms with Crippen molar-refractivity contribution in [3.63, 3.8) is 0 Å². The molecule has 0 aliphatic rings. The van der Waals surface area contributed by atoms with Gasteiger partial charge in [-0.1, -0.05) is 36.4 Å². The normalized spacial score (nSPS) is 12.5. The van der Waals surface area contributed by atoms with Crippen molar-refractivity contribution in [2.24, 2.45) is 0 Å². The van der Waals surface area contributed by atoms with Crippen LogP contribution in [0.15, 0.2) is 35.9 Å². The Labute approximate surface area is 55.2 Å². The zero-order chi connectivity index (χ0) is 6.41. The molecule has 0 rings (SSSR count). The summed E-state index contributed by atoms with van der Waals surface area (Å²) in [6, 6.07) is 0. The Kier molecular flexibility index (Phi) is 4.38. The van der Waals surface area contributed by atoms with E-state index in [0.717, 1.165) is 5.57 Å². The van der Waals surface area contributed by atoms with Crippen LogP contribution in [0.25, 0.3) is 0 Å². The average molecular weight is 129 g/mol. The third-order valence-electron chi connectivity index (χ3n) is 0.667. The molecule has 0 aromatic carbocycles. The Hall–Kier alpha value is -0.490. The van der Waals surface area contributed by atoms with Crippen LogP contribution < -0.4 is 0 Å². The van der Waals surface area contributed by atoms with E-state index in [0.29, 0.717) is 0 Å². The maximum Gasteiger partial charge on any atom is 0.00717 e. The van der Waals surface area contributed by atoms with Crippen molar-refractivity contribution in [2.75, 3.05) is 0 Å². The number of halogens is 1. The van der Waals surface area contributed by atoms with Gasteiger partial charge in [0, 0.05) is 5.54 Å². The predicted octanol–water partition coefficient (Wildman–Crippen LogP) is 2.87. The maximum absolute atomic E-state index is 5.34. The van der Waals surface area contributed by atoms with Crippen LogP contribution in [0.2, 0.25) is 0 Å². The zero-order valence-corrected chi connectivity index (χ0v) is 5.65. The highest BCUT2D eigenvalue weighted by Gasteiger charge is 1.72. The molecular formula is C7H9Cl. The largest absolute Gasteiger partial charge is 0.0991 e. The van der Waals surface area contributed by atoms with Crippen LogP contribution in [0.4, 0.5) is 0 Å². The van der Waals surface area contributed by atoms with Crippen LogP contribution >= 0.6 is 11.6 Å². The van der Waals surface area contributed by atoms with Gasteiger partial charge in [0.05, 0.1) is 0 Å². The van der Waals surface area contributed by atoms with Crippen LogP contribution in [-0.2, 0) is 0 Å². The highest BCUT2D eigenvalue weighted by atomic mass is 35.5. The van der Waals surface area contributed by atoms with Crippen LogP contribution in [0.1, 0.15) is 6.92 Å². The second kappa shape index (κ2) is 4.66. The molecule has 0 aliphatic carbocycles. The molecule has 44 valence electrons. The van der Waals surface area contributed by atoms with Crippen molar-refractivity contribution in [1.29, 1.82) is 0 Å². The first-order valence-corrected chi connectivity index (χ1v) is 2.81. The molecule has 0 atom stereocenters. The van der Waals surface area contributed by atoms with E-state index in [4.69, 9.17) is 11.6 Å². The van der Waals surface area contributed by atoms with Gasteiger partial charge in [0.1, 0.15) is 0 Å². The molecule has 0 aromatic rings. The summed E-state index contributed by atoms with van der Waals surface area (Å²) in [6.45, 7) is 5.43. The van der Waals surface area contributed by atoms with Gasteiger partial charge >= 0.3 is 0 Å². The van der Waals surface area contributed by atoms with E-state index >= 15 is 0 Å². The van der Waals surface area contributed by atoms with Crippen molar-refractivity contribution in [1.82, 2.24) is 0 Å². The van der Waals surface area contributed by atoms with Gasteiger partial charge < -0.3 is 0 Å². The third kappa shape index (κ3) is 3.69. The Morgan fingerprint density at radius 3 is 2.62 bits per heavy atom. The van der Waals surface area contributed by atoms with E-state index in [1.807, 2.05) is 19.1 Å².